The van der Waals surface area contributed by atoms with Crippen molar-refractivity contribution in [1.29, 1.82) is 0 Å². The average molecular weight is 334 g/mol. The standard InChI is InChI=1S/C20H19N3O2/c1-25-19-10-6-5-9-17(19)23-20(24)18-13-16(11-12-21-18)22-14-15-7-3-2-4-8-15/h2-13H,14H2,1H3,(H,21,22)(H,23,24)/p+1. The van der Waals surface area contributed by atoms with Gasteiger partial charge in [0.1, 0.15) is 5.75 Å². The first-order chi connectivity index (χ1) is 12.3. The summed E-state index contributed by atoms with van der Waals surface area (Å²) in [5.74, 6) is 0.391. The number of nitrogens with one attached hydrogen (secondary N) is 3. The van der Waals surface area contributed by atoms with Gasteiger partial charge in [-0.1, -0.05) is 42.5 Å². The summed E-state index contributed by atoms with van der Waals surface area (Å²) in [6.07, 6.45) is 1.74. The molecule has 0 unspecified atom stereocenters. The highest BCUT2D eigenvalue weighted by molar-refractivity contribution is 6.03. The zero-order chi connectivity index (χ0) is 17.5. The van der Waals surface area contributed by atoms with Crippen molar-refractivity contribution >= 4 is 17.3 Å². The molecule has 126 valence electrons. The molecule has 3 rings (SSSR count). The maximum Gasteiger partial charge on any atom is 0.320 e. The quantitative estimate of drug-likeness (QED) is 0.726. The lowest BCUT2D eigenvalue weighted by Gasteiger charge is -2.09. The largest absolute Gasteiger partial charge is 0.495 e. The van der Waals surface area contributed by atoms with Crippen LogP contribution in [0.15, 0.2) is 72.9 Å². The fraction of sp³-hybridized carbons (Fsp3) is 0.100. The molecule has 0 spiro atoms. The maximum absolute atomic E-state index is 12.5. The van der Waals surface area contributed by atoms with Crippen LogP contribution >= 0.6 is 0 Å². The van der Waals surface area contributed by atoms with Crippen LogP contribution in [0.4, 0.5) is 11.4 Å². The molecule has 2 aromatic carbocycles. The van der Waals surface area contributed by atoms with Crippen molar-refractivity contribution < 1.29 is 14.5 Å². The smallest absolute Gasteiger partial charge is 0.320 e. The summed E-state index contributed by atoms with van der Waals surface area (Å²) in [7, 11) is 1.57. The fourth-order valence-electron chi connectivity index (χ4n) is 2.45. The molecule has 0 aliphatic carbocycles. The molecule has 3 N–H and O–H groups in total. The molecule has 0 radical (unpaired) electrons. The number of amides is 1. The monoisotopic (exact) mass is 334 g/mol. The summed E-state index contributed by atoms with van der Waals surface area (Å²) in [5, 5.41) is 6.17. The normalized spacial score (nSPS) is 10.1. The van der Waals surface area contributed by atoms with E-state index in [1.807, 2.05) is 36.4 Å². The molecule has 0 saturated heterocycles. The first-order valence-corrected chi connectivity index (χ1v) is 8.00. The number of hydrogen-bond acceptors (Lipinski definition) is 3. The van der Waals surface area contributed by atoms with Gasteiger partial charge in [0.2, 0.25) is 0 Å². The Morgan fingerprint density at radius 1 is 1.04 bits per heavy atom. The first kappa shape index (κ1) is 16.5. The topological polar surface area (TPSA) is 64.5 Å². The van der Waals surface area contributed by atoms with E-state index >= 15 is 0 Å². The van der Waals surface area contributed by atoms with Crippen LogP contribution in [0.25, 0.3) is 0 Å². The number of ether oxygens (including phenoxy) is 1. The van der Waals surface area contributed by atoms with E-state index in [-0.39, 0.29) is 5.91 Å². The summed E-state index contributed by atoms with van der Waals surface area (Å²) in [4.78, 5) is 15.5. The van der Waals surface area contributed by atoms with Crippen LogP contribution in [-0.4, -0.2) is 13.0 Å². The summed E-state index contributed by atoms with van der Waals surface area (Å²) < 4.78 is 5.26. The Morgan fingerprint density at radius 3 is 2.60 bits per heavy atom. The first-order valence-electron chi connectivity index (χ1n) is 8.00. The van der Waals surface area contributed by atoms with Crippen LogP contribution in [0.1, 0.15) is 16.1 Å². The van der Waals surface area contributed by atoms with Crippen LogP contribution in [0.2, 0.25) is 0 Å². The maximum atomic E-state index is 12.5. The Kier molecular flexibility index (Phi) is 5.26. The van der Waals surface area contributed by atoms with Gasteiger partial charge >= 0.3 is 5.91 Å². The van der Waals surface area contributed by atoms with E-state index in [0.29, 0.717) is 23.7 Å². The number of carbonyl (C=O) groups is 1. The number of pyridine rings is 1. The number of hydrogen-bond donors (Lipinski definition) is 2. The van der Waals surface area contributed by atoms with E-state index < -0.39 is 0 Å². The molecule has 0 atom stereocenters. The summed E-state index contributed by atoms with van der Waals surface area (Å²) in [5.41, 5.74) is 3.14. The number of rotatable bonds is 6. The second-order valence-corrected chi connectivity index (χ2v) is 5.48. The van der Waals surface area contributed by atoms with Gasteiger partial charge in [-0.2, -0.15) is 0 Å². The van der Waals surface area contributed by atoms with Gasteiger partial charge in [-0.3, -0.25) is 4.79 Å². The van der Waals surface area contributed by atoms with Crippen LogP contribution in [0.5, 0.6) is 5.75 Å². The molecule has 0 fully saturated rings. The number of H-pyrrole nitrogens is 1. The summed E-state index contributed by atoms with van der Waals surface area (Å²) >= 11 is 0. The van der Waals surface area contributed by atoms with Gasteiger partial charge < -0.3 is 15.4 Å². The Labute approximate surface area is 146 Å². The van der Waals surface area contributed by atoms with Gasteiger partial charge in [-0.25, -0.2) is 4.98 Å². The minimum Gasteiger partial charge on any atom is -0.495 e. The van der Waals surface area contributed by atoms with Crippen LogP contribution in [0.3, 0.4) is 0 Å². The number of para-hydroxylation sites is 2. The zero-order valence-electron chi connectivity index (χ0n) is 14.0. The summed E-state index contributed by atoms with van der Waals surface area (Å²) in [6.45, 7) is 0.693. The number of carbonyl (C=O) groups excluding carboxylic acids is 1. The van der Waals surface area contributed by atoms with Gasteiger partial charge in [-0.15, -0.1) is 0 Å². The van der Waals surface area contributed by atoms with Crippen molar-refractivity contribution in [2.75, 3.05) is 17.7 Å². The number of benzene rings is 2. The summed E-state index contributed by atoms with van der Waals surface area (Å²) in [6, 6.07) is 21.1. The lowest BCUT2D eigenvalue weighted by molar-refractivity contribution is -0.381. The second-order valence-electron chi connectivity index (χ2n) is 5.48. The van der Waals surface area contributed by atoms with Crippen molar-refractivity contribution in [3.63, 3.8) is 0 Å². The van der Waals surface area contributed by atoms with E-state index in [1.54, 1.807) is 31.5 Å². The van der Waals surface area contributed by atoms with E-state index in [9.17, 15) is 4.79 Å². The number of anilines is 2. The Bertz CT molecular complexity index is 850. The third kappa shape index (κ3) is 4.35. The Balaban J connectivity index is 1.69. The molecule has 0 aliphatic rings. The predicted molar refractivity (Wildman–Crippen MR) is 97.7 cm³/mol. The zero-order valence-corrected chi connectivity index (χ0v) is 14.0. The van der Waals surface area contributed by atoms with Gasteiger partial charge in [0, 0.05) is 24.4 Å². The SMILES string of the molecule is COc1ccccc1NC(=O)c1cc(NCc2ccccc2)cc[nH+]1. The molecular formula is C20H20N3O2+. The van der Waals surface area contributed by atoms with E-state index in [4.69, 9.17) is 4.74 Å². The lowest BCUT2D eigenvalue weighted by Crippen LogP contribution is -2.23. The highest BCUT2D eigenvalue weighted by Gasteiger charge is 2.15. The molecule has 1 aromatic heterocycles. The van der Waals surface area contributed by atoms with Crippen molar-refractivity contribution in [3.05, 3.63) is 84.2 Å². The highest BCUT2D eigenvalue weighted by Crippen LogP contribution is 2.23. The molecule has 25 heavy (non-hydrogen) atoms. The fourth-order valence-corrected chi connectivity index (χ4v) is 2.45. The molecule has 1 amide bonds. The van der Waals surface area contributed by atoms with Crippen LogP contribution < -0.4 is 20.4 Å². The Hall–Kier alpha value is -3.34. The molecule has 0 bridgehead atoms. The number of aromatic nitrogens is 1. The average Bonchev–Trinajstić information content (AvgIpc) is 2.68. The van der Waals surface area contributed by atoms with E-state index in [2.05, 4.69) is 27.8 Å². The predicted octanol–water partition coefficient (Wildman–Crippen LogP) is 3.37. The van der Waals surface area contributed by atoms with Crippen molar-refractivity contribution in [2.24, 2.45) is 0 Å². The third-order valence-corrected chi connectivity index (χ3v) is 3.74. The van der Waals surface area contributed by atoms with Gasteiger partial charge in [0.15, 0.2) is 6.20 Å². The molecule has 0 saturated carbocycles. The molecule has 3 aromatic rings. The van der Waals surface area contributed by atoms with Crippen LogP contribution in [0, 0.1) is 0 Å². The van der Waals surface area contributed by atoms with Crippen molar-refractivity contribution in [1.82, 2.24) is 0 Å². The molecule has 5 nitrogen and oxygen atoms in total. The number of methoxy groups -OCH3 is 1. The third-order valence-electron chi connectivity index (χ3n) is 3.74. The number of aromatic amines is 1. The second kappa shape index (κ2) is 7.97. The lowest BCUT2D eigenvalue weighted by atomic mass is 10.2. The van der Waals surface area contributed by atoms with E-state index in [0.717, 1.165) is 5.69 Å². The highest BCUT2D eigenvalue weighted by atomic mass is 16.5. The van der Waals surface area contributed by atoms with Gasteiger partial charge in [0.25, 0.3) is 5.69 Å². The van der Waals surface area contributed by atoms with Crippen LogP contribution in [-0.2, 0) is 6.54 Å². The van der Waals surface area contributed by atoms with Crippen molar-refractivity contribution in [3.8, 4) is 5.75 Å². The molecule has 5 heteroatoms. The molecule has 1 heterocycles. The Morgan fingerprint density at radius 2 is 1.80 bits per heavy atom. The van der Waals surface area contributed by atoms with Gasteiger partial charge in [-0.05, 0) is 17.7 Å². The minimum atomic E-state index is -0.229. The molecule has 0 aliphatic heterocycles. The minimum absolute atomic E-state index is 0.229. The molecular weight excluding hydrogens is 314 g/mol. The van der Waals surface area contributed by atoms with Crippen molar-refractivity contribution in [2.45, 2.75) is 6.54 Å². The van der Waals surface area contributed by atoms with Gasteiger partial charge in [0.05, 0.1) is 12.8 Å². The van der Waals surface area contributed by atoms with E-state index in [1.165, 1.54) is 5.56 Å².